The van der Waals surface area contributed by atoms with E-state index in [1.165, 1.54) is 0 Å². The van der Waals surface area contributed by atoms with E-state index < -0.39 is 0 Å². The molecule has 0 radical (unpaired) electrons. The zero-order chi connectivity index (χ0) is 14.1. The number of aromatic nitrogens is 4. The molecule has 0 amide bonds. The van der Waals surface area contributed by atoms with Crippen molar-refractivity contribution in [1.29, 1.82) is 0 Å². The molecule has 3 aromatic heterocycles. The van der Waals surface area contributed by atoms with Gasteiger partial charge in [-0.25, -0.2) is 9.97 Å². The molecule has 1 aromatic carbocycles. The van der Waals surface area contributed by atoms with E-state index in [0.29, 0.717) is 0 Å². The molecule has 100 valence electrons. The average molecular weight is 272 g/mol. The molecule has 1 N–H and O–H groups in total. The lowest BCUT2D eigenvalue weighted by Crippen LogP contribution is -1.94. The largest absolute Gasteiger partial charge is 0.343 e. The van der Waals surface area contributed by atoms with Gasteiger partial charge in [0.2, 0.25) is 0 Å². The van der Waals surface area contributed by atoms with Crippen LogP contribution in [0.15, 0.2) is 67.1 Å². The maximum absolute atomic E-state index is 4.76. The Kier molecular flexibility index (Phi) is 2.71. The van der Waals surface area contributed by atoms with Crippen molar-refractivity contribution in [2.75, 3.05) is 0 Å². The maximum Gasteiger partial charge on any atom is 0.156 e. The maximum atomic E-state index is 4.76. The fourth-order valence-electron chi connectivity index (χ4n) is 2.41. The minimum Gasteiger partial charge on any atom is -0.343 e. The molecule has 4 heteroatoms. The van der Waals surface area contributed by atoms with Crippen LogP contribution in [0.1, 0.15) is 0 Å². The number of fused-ring (bicyclic) bond motifs is 1. The number of pyridine rings is 2. The standard InChI is InChI=1S/C17H12N4/c1-2-6-14-12(5-1)11-13(15-7-3-4-8-18-15)16(21-14)17-19-9-10-20-17/h1-11H,(H,19,20). The van der Waals surface area contributed by atoms with E-state index in [4.69, 9.17) is 4.98 Å². The van der Waals surface area contributed by atoms with Gasteiger partial charge in [-0.15, -0.1) is 0 Å². The lowest BCUT2D eigenvalue weighted by atomic mass is 10.1. The highest BCUT2D eigenvalue weighted by molar-refractivity contribution is 5.89. The van der Waals surface area contributed by atoms with Gasteiger partial charge in [0.05, 0.1) is 11.2 Å². The summed E-state index contributed by atoms with van der Waals surface area (Å²) in [5, 5.41) is 1.09. The number of hydrogen-bond acceptors (Lipinski definition) is 3. The lowest BCUT2D eigenvalue weighted by molar-refractivity contribution is 1.24. The van der Waals surface area contributed by atoms with Crippen LogP contribution >= 0.6 is 0 Å². The quantitative estimate of drug-likeness (QED) is 0.605. The zero-order valence-corrected chi connectivity index (χ0v) is 11.2. The number of aromatic amines is 1. The number of H-pyrrole nitrogens is 1. The Balaban J connectivity index is 2.05. The van der Waals surface area contributed by atoms with Crippen LogP contribution < -0.4 is 0 Å². The molecule has 0 atom stereocenters. The van der Waals surface area contributed by atoms with E-state index in [9.17, 15) is 0 Å². The number of nitrogens with one attached hydrogen (secondary N) is 1. The van der Waals surface area contributed by atoms with Crippen molar-refractivity contribution < 1.29 is 0 Å². The molecule has 0 spiro atoms. The molecule has 0 aliphatic heterocycles. The third kappa shape index (κ3) is 2.07. The SMILES string of the molecule is c1ccc(-c2cc3ccccc3nc2-c2ncc[nH]2)nc1. The lowest BCUT2D eigenvalue weighted by Gasteiger charge is -2.08. The predicted molar refractivity (Wildman–Crippen MR) is 82.6 cm³/mol. The van der Waals surface area contributed by atoms with E-state index in [1.807, 2.05) is 36.4 Å². The minimum atomic E-state index is 0.751. The Labute approximate surface area is 121 Å². The number of hydrogen-bond donors (Lipinski definition) is 1. The molecule has 21 heavy (non-hydrogen) atoms. The average Bonchev–Trinajstić information content (AvgIpc) is 3.09. The van der Waals surface area contributed by atoms with Crippen molar-refractivity contribution in [3.05, 3.63) is 67.1 Å². The number of imidazole rings is 1. The summed E-state index contributed by atoms with van der Waals surface area (Å²) in [7, 11) is 0. The summed E-state index contributed by atoms with van der Waals surface area (Å²) in [4.78, 5) is 16.7. The van der Waals surface area contributed by atoms with E-state index in [1.54, 1.807) is 18.6 Å². The normalized spacial score (nSPS) is 10.9. The van der Waals surface area contributed by atoms with Gasteiger partial charge in [0.1, 0.15) is 5.69 Å². The van der Waals surface area contributed by atoms with Gasteiger partial charge in [0.15, 0.2) is 5.82 Å². The highest BCUT2D eigenvalue weighted by Crippen LogP contribution is 2.30. The van der Waals surface area contributed by atoms with E-state index >= 15 is 0 Å². The number of rotatable bonds is 2. The summed E-state index contributed by atoms with van der Waals surface area (Å²) in [5.41, 5.74) is 3.63. The Morgan fingerprint density at radius 1 is 0.857 bits per heavy atom. The highest BCUT2D eigenvalue weighted by Gasteiger charge is 2.13. The Morgan fingerprint density at radius 3 is 2.57 bits per heavy atom. The monoisotopic (exact) mass is 272 g/mol. The van der Waals surface area contributed by atoms with Crippen molar-refractivity contribution in [3.8, 4) is 22.8 Å². The van der Waals surface area contributed by atoms with Gasteiger partial charge in [-0.3, -0.25) is 4.98 Å². The molecule has 0 fully saturated rings. The number of para-hydroxylation sites is 1. The Morgan fingerprint density at radius 2 is 1.76 bits per heavy atom. The molecule has 4 nitrogen and oxygen atoms in total. The molecule has 0 unspecified atom stereocenters. The van der Waals surface area contributed by atoms with Crippen LogP contribution in [-0.4, -0.2) is 19.9 Å². The number of nitrogens with zero attached hydrogens (tertiary/aromatic N) is 3. The van der Waals surface area contributed by atoms with E-state index in [-0.39, 0.29) is 0 Å². The first kappa shape index (κ1) is 11.8. The molecular formula is C17H12N4. The minimum absolute atomic E-state index is 0.751. The summed E-state index contributed by atoms with van der Waals surface area (Å²) in [6.45, 7) is 0. The molecule has 3 heterocycles. The molecule has 0 saturated carbocycles. The smallest absolute Gasteiger partial charge is 0.156 e. The van der Waals surface area contributed by atoms with Crippen LogP contribution in [-0.2, 0) is 0 Å². The van der Waals surface area contributed by atoms with Crippen molar-refractivity contribution in [2.45, 2.75) is 0 Å². The molecule has 0 bridgehead atoms. The van der Waals surface area contributed by atoms with Gasteiger partial charge >= 0.3 is 0 Å². The van der Waals surface area contributed by atoms with E-state index in [0.717, 1.165) is 33.7 Å². The van der Waals surface area contributed by atoms with Crippen molar-refractivity contribution in [2.24, 2.45) is 0 Å². The summed E-state index contributed by atoms with van der Waals surface area (Å²) in [6, 6.07) is 16.0. The predicted octanol–water partition coefficient (Wildman–Crippen LogP) is 3.69. The number of benzene rings is 1. The van der Waals surface area contributed by atoms with Gasteiger partial charge in [-0.2, -0.15) is 0 Å². The van der Waals surface area contributed by atoms with Gasteiger partial charge < -0.3 is 4.98 Å². The van der Waals surface area contributed by atoms with Crippen molar-refractivity contribution in [1.82, 2.24) is 19.9 Å². The van der Waals surface area contributed by atoms with Crippen molar-refractivity contribution in [3.63, 3.8) is 0 Å². The first-order valence-corrected chi connectivity index (χ1v) is 6.73. The molecule has 0 aliphatic rings. The third-order valence-corrected chi connectivity index (χ3v) is 3.39. The second-order valence-corrected chi connectivity index (χ2v) is 4.73. The topological polar surface area (TPSA) is 54.5 Å². The Bertz CT molecular complexity index is 883. The van der Waals surface area contributed by atoms with Gasteiger partial charge in [0.25, 0.3) is 0 Å². The second kappa shape index (κ2) is 4.83. The van der Waals surface area contributed by atoms with Gasteiger partial charge in [0, 0.05) is 29.5 Å². The van der Waals surface area contributed by atoms with Crippen molar-refractivity contribution >= 4 is 10.9 Å². The van der Waals surface area contributed by atoms with Gasteiger partial charge in [-0.05, 0) is 24.3 Å². The molecular weight excluding hydrogens is 260 g/mol. The fraction of sp³-hybridized carbons (Fsp3) is 0. The first-order chi connectivity index (χ1) is 10.4. The summed E-state index contributed by atoms with van der Waals surface area (Å²) >= 11 is 0. The fourth-order valence-corrected chi connectivity index (χ4v) is 2.41. The molecule has 4 rings (SSSR count). The second-order valence-electron chi connectivity index (χ2n) is 4.73. The third-order valence-electron chi connectivity index (χ3n) is 3.39. The molecule has 0 saturated heterocycles. The van der Waals surface area contributed by atoms with Crippen LogP contribution in [0, 0.1) is 0 Å². The van der Waals surface area contributed by atoms with Crippen LogP contribution in [0.3, 0.4) is 0 Å². The van der Waals surface area contributed by atoms with Crippen LogP contribution in [0.2, 0.25) is 0 Å². The van der Waals surface area contributed by atoms with E-state index in [2.05, 4.69) is 27.1 Å². The molecule has 4 aromatic rings. The zero-order valence-electron chi connectivity index (χ0n) is 11.2. The van der Waals surface area contributed by atoms with Crippen LogP contribution in [0.25, 0.3) is 33.7 Å². The van der Waals surface area contributed by atoms with Crippen LogP contribution in [0.5, 0.6) is 0 Å². The van der Waals surface area contributed by atoms with Gasteiger partial charge in [-0.1, -0.05) is 24.3 Å². The van der Waals surface area contributed by atoms with Crippen LogP contribution in [0.4, 0.5) is 0 Å². The first-order valence-electron chi connectivity index (χ1n) is 6.73. The molecule has 0 aliphatic carbocycles. The summed E-state index contributed by atoms with van der Waals surface area (Å²) < 4.78 is 0. The Hall–Kier alpha value is -3.01. The summed E-state index contributed by atoms with van der Waals surface area (Å²) in [5.74, 6) is 0.751. The highest BCUT2D eigenvalue weighted by atomic mass is 14.9. The summed E-state index contributed by atoms with van der Waals surface area (Å²) in [6.07, 6.45) is 5.32.